The van der Waals surface area contributed by atoms with Crippen LogP contribution >= 0.6 is 0 Å². The van der Waals surface area contributed by atoms with Crippen LogP contribution in [0.3, 0.4) is 0 Å². The van der Waals surface area contributed by atoms with E-state index in [0.29, 0.717) is 12.8 Å². The van der Waals surface area contributed by atoms with E-state index >= 15 is 0 Å². The van der Waals surface area contributed by atoms with Gasteiger partial charge in [-0.1, -0.05) is 175 Å². The largest absolute Gasteiger partial charge is 0.544 e. The Morgan fingerprint density at radius 2 is 0.873 bits per heavy atom. The van der Waals surface area contributed by atoms with E-state index in [9.17, 15) is 19.5 Å². The molecule has 8 heteroatoms. The highest BCUT2D eigenvalue weighted by Crippen LogP contribution is 2.14. The van der Waals surface area contributed by atoms with E-state index in [1.54, 1.807) is 21.1 Å². The maximum atomic E-state index is 12.7. The van der Waals surface area contributed by atoms with E-state index in [1.165, 1.54) is 44.9 Å². The summed E-state index contributed by atoms with van der Waals surface area (Å²) in [4.78, 5) is 36.9. The van der Waals surface area contributed by atoms with Crippen molar-refractivity contribution < 1.29 is 38.2 Å². The van der Waals surface area contributed by atoms with Gasteiger partial charge in [0.25, 0.3) is 0 Å². The average molecular weight is 876 g/mol. The van der Waals surface area contributed by atoms with Gasteiger partial charge in [-0.25, -0.2) is 0 Å². The minimum Gasteiger partial charge on any atom is -0.544 e. The molecule has 0 saturated carbocycles. The number of rotatable bonds is 42. The van der Waals surface area contributed by atoms with Crippen molar-refractivity contribution >= 4 is 17.9 Å². The third-order valence-electron chi connectivity index (χ3n) is 10.2. The van der Waals surface area contributed by atoms with E-state index < -0.39 is 24.1 Å². The molecule has 0 N–H and O–H groups in total. The number of likely N-dealkylation sites (N-methyl/N-ethyl adjacent to an activating group) is 1. The van der Waals surface area contributed by atoms with Crippen molar-refractivity contribution in [3.8, 4) is 0 Å². The van der Waals surface area contributed by atoms with Crippen molar-refractivity contribution in [1.82, 2.24) is 0 Å². The van der Waals surface area contributed by atoms with Gasteiger partial charge in [0.15, 0.2) is 6.10 Å². The normalized spacial score (nSPS) is 13.9. The Kier molecular flexibility index (Phi) is 41.8. The fourth-order valence-electron chi connectivity index (χ4n) is 6.46. The van der Waals surface area contributed by atoms with Crippen molar-refractivity contribution in [2.75, 3.05) is 41.0 Å². The highest BCUT2D eigenvalue weighted by Gasteiger charge is 2.25. The van der Waals surface area contributed by atoms with Crippen LogP contribution in [0, 0.1) is 0 Å². The molecule has 0 aliphatic carbocycles. The smallest absolute Gasteiger partial charge is 0.306 e. The summed E-state index contributed by atoms with van der Waals surface area (Å²) in [5, 5.41) is 11.6. The van der Waals surface area contributed by atoms with Crippen molar-refractivity contribution in [3.63, 3.8) is 0 Å². The minimum atomic E-state index is -1.14. The zero-order chi connectivity index (χ0) is 46.3. The van der Waals surface area contributed by atoms with Gasteiger partial charge in [0.05, 0.1) is 40.3 Å². The molecule has 0 aliphatic heterocycles. The third kappa shape index (κ3) is 43.0. The zero-order valence-electron chi connectivity index (χ0n) is 40.4. The van der Waals surface area contributed by atoms with Crippen LogP contribution in [-0.4, -0.2) is 75.5 Å². The molecule has 0 saturated heterocycles. The lowest BCUT2D eigenvalue weighted by molar-refractivity contribution is -0.889. The summed E-state index contributed by atoms with van der Waals surface area (Å²) in [5.41, 5.74) is 0. The number of unbranched alkanes of at least 4 members (excludes halogenated alkanes) is 10. The maximum Gasteiger partial charge on any atom is 0.306 e. The summed E-state index contributed by atoms with van der Waals surface area (Å²) in [7, 11) is 5.37. The predicted octanol–water partition coefficient (Wildman–Crippen LogP) is 12.7. The molecular weight excluding hydrogens is 787 g/mol. The summed E-state index contributed by atoms with van der Waals surface area (Å²) in [6.45, 7) is 4.34. The Morgan fingerprint density at radius 3 is 1.30 bits per heavy atom. The quantitative estimate of drug-likeness (QED) is 0.0260. The number of nitrogens with zero attached hydrogens (tertiary/aromatic N) is 1. The van der Waals surface area contributed by atoms with Gasteiger partial charge in [-0.15, -0.1) is 0 Å². The number of hydrogen-bond acceptors (Lipinski definition) is 7. The number of carbonyl (C=O) groups excluding carboxylic acids is 3. The van der Waals surface area contributed by atoms with Crippen LogP contribution < -0.4 is 5.11 Å². The van der Waals surface area contributed by atoms with Crippen LogP contribution in [0.25, 0.3) is 0 Å². The third-order valence-corrected chi connectivity index (χ3v) is 10.2. The molecular formula is C55H89NO7. The molecule has 0 fully saturated rings. The molecule has 63 heavy (non-hydrogen) atoms. The van der Waals surface area contributed by atoms with Gasteiger partial charge in [-0.2, -0.15) is 0 Å². The van der Waals surface area contributed by atoms with E-state index in [-0.39, 0.29) is 43.1 Å². The summed E-state index contributed by atoms with van der Waals surface area (Å²) in [6.07, 6.45) is 61.4. The van der Waals surface area contributed by atoms with Crippen molar-refractivity contribution in [3.05, 3.63) is 109 Å². The molecule has 0 rings (SSSR count). The number of aliphatic carboxylic acids is 1. The van der Waals surface area contributed by atoms with Gasteiger partial charge in [0, 0.05) is 19.3 Å². The molecule has 0 bridgehead atoms. The zero-order valence-corrected chi connectivity index (χ0v) is 40.4. The van der Waals surface area contributed by atoms with Crippen LogP contribution in [0.15, 0.2) is 109 Å². The van der Waals surface area contributed by atoms with Crippen molar-refractivity contribution in [1.29, 1.82) is 0 Å². The molecule has 0 aromatic carbocycles. The summed E-state index contributed by atoms with van der Waals surface area (Å²) >= 11 is 0. The molecule has 0 aromatic heterocycles. The van der Waals surface area contributed by atoms with Crippen molar-refractivity contribution in [2.24, 2.45) is 0 Å². The first-order valence-electron chi connectivity index (χ1n) is 24.4. The summed E-state index contributed by atoms with van der Waals surface area (Å²) in [6, 6.07) is -0.746. The number of allylic oxidation sites excluding steroid dienone is 18. The Hall–Kier alpha value is -4.01. The molecule has 0 aliphatic rings. The first-order chi connectivity index (χ1) is 30.6. The minimum absolute atomic E-state index is 0.00287. The van der Waals surface area contributed by atoms with Gasteiger partial charge >= 0.3 is 11.9 Å². The van der Waals surface area contributed by atoms with Gasteiger partial charge < -0.3 is 28.6 Å². The topological polar surface area (TPSA) is 102 Å². The van der Waals surface area contributed by atoms with E-state index in [1.807, 2.05) is 12.2 Å². The van der Waals surface area contributed by atoms with Crippen LogP contribution in [0.5, 0.6) is 0 Å². The fraction of sp³-hybridized carbons (Fsp3) is 0.618. The SMILES string of the molecule is CC/C=C/C/C=C/C/C=C/C/C=C/C/C=C/CCC(=O)OC(COCCC(C(=O)[O-])[N+](C)(C)C)COC(=O)CCCCCCCCCCCC/C=C/C/C=C/C/C=C/C/C=C/CC. The van der Waals surface area contributed by atoms with Crippen LogP contribution in [0.1, 0.15) is 168 Å². The number of carboxylic acid groups (broad SMARTS) is 1. The fourth-order valence-corrected chi connectivity index (χ4v) is 6.46. The summed E-state index contributed by atoms with van der Waals surface area (Å²) in [5.74, 6) is -1.86. The lowest BCUT2D eigenvalue weighted by Gasteiger charge is -2.34. The first kappa shape index (κ1) is 59.0. The average Bonchev–Trinajstić information content (AvgIpc) is 3.24. The Morgan fingerprint density at radius 1 is 0.476 bits per heavy atom. The standard InChI is InChI=1S/C55H89NO7/c1-6-8-10-12-14-16-18-20-22-24-25-26-27-28-29-30-32-33-35-37-39-41-43-45-53(57)62-50-51(49-61-48-47-52(55(59)60)56(3,4)5)63-54(58)46-44-42-40-38-36-34-31-23-21-19-17-15-13-11-9-7-2/h8-11,14-17,20-23,25-26,34,36,40,42,51-52H,6-7,12-13,18-19,24,27-33,35,37-39,41,43-50H2,1-5H3/b10-8+,11-9+,16-14+,17-15+,22-20+,23-21+,26-25+,36-34+,42-40+. The van der Waals surface area contributed by atoms with Crippen LogP contribution in [0.4, 0.5) is 0 Å². The number of esters is 2. The number of carbonyl (C=O) groups is 3. The van der Waals surface area contributed by atoms with Gasteiger partial charge in [0.2, 0.25) is 0 Å². The molecule has 0 aromatic rings. The van der Waals surface area contributed by atoms with E-state index in [2.05, 4.69) is 111 Å². The second-order valence-electron chi connectivity index (χ2n) is 16.9. The second kappa shape index (κ2) is 44.6. The number of quaternary nitrogens is 1. The van der Waals surface area contributed by atoms with Crippen LogP contribution in [-0.2, 0) is 28.6 Å². The predicted molar refractivity (Wildman–Crippen MR) is 263 cm³/mol. The van der Waals surface area contributed by atoms with E-state index in [0.717, 1.165) is 83.5 Å². The van der Waals surface area contributed by atoms with Gasteiger partial charge in [-0.05, 0) is 83.5 Å². The highest BCUT2D eigenvalue weighted by molar-refractivity contribution is 5.70. The molecule has 0 heterocycles. The summed E-state index contributed by atoms with van der Waals surface area (Å²) < 4.78 is 17.1. The molecule has 0 amide bonds. The van der Waals surface area contributed by atoms with Gasteiger partial charge in [-0.3, -0.25) is 9.59 Å². The Balaban J connectivity index is 4.35. The first-order valence-corrected chi connectivity index (χ1v) is 24.4. The number of hydrogen-bond donors (Lipinski definition) is 0. The second-order valence-corrected chi connectivity index (χ2v) is 16.9. The molecule has 0 radical (unpaired) electrons. The molecule has 2 atom stereocenters. The lowest BCUT2D eigenvalue weighted by atomic mass is 10.1. The highest BCUT2D eigenvalue weighted by atomic mass is 16.6. The molecule has 8 nitrogen and oxygen atoms in total. The van der Waals surface area contributed by atoms with E-state index in [4.69, 9.17) is 14.2 Å². The lowest BCUT2D eigenvalue weighted by Crippen LogP contribution is -2.55. The Labute approximate surface area is 385 Å². The molecule has 2 unspecified atom stereocenters. The van der Waals surface area contributed by atoms with Crippen LogP contribution in [0.2, 0.25) is 0 Å². The molecule has 0 spiro atoms. The monoisotopic (exact) mass is 876 g/mol. The van der Waals surface area contributed by atoms with Crippen molar-refractivity contribution in [2.45, 2.75) is 180 Å². The molecule has 356 valence electrons. The maximum absolute atomic E-state index is 12.7. The number of ether oxygens (including phenoxy) is 3. The number of carboxylic acids is 1. The van der Waals surface area contributed by atoms with Gasteiger partial charge in [0.1, 0.15) is 12.6 Å². The Bertz CT molecular complexity index is 1390.